The molecule has 0 aliphatic rings. The molecule has 0 spiro atoms. The predicted octanol–water partition coefficient (Wildman–Crippen LogP) is 2.49. The summed E-state index contributed by atoms with van der Waals surface area (Å²) in [6, 6.07) is 10.1. The number of rotatable bonds is 7. The standard InChI is InChI=1S/C19H21NO5/c1-24-16-11-14(12-17(25-2)19(16)23)5-8-18(22)20-10-9-13-3-6-15(21)7-4-13/h3-8,11-12,21,23H,9-10H2,1-2H3,(H,20,22)/b8-5-. The largest absolute Gasteiger partial charge is 0.508 e. The van der Waals surface area contributed by atoms with Gasteiger partial charge in [0.15, 0.2) is 11.5 Å². The van der Waals surface area contributed by atoms with Crippen molar-refractivity contribution in [3.63, 3.8) is 0 Å². The summed E-state index contributed by atoms with van der Waals surface area (Å²) in [5.41, 5.74) is 1.69. The molecule has 0 bridgehead atoms. The number of hydrogen-bond donors (Lipinski definition) is 3. The molecule has 0 aliphatic carbocycles. The molecule has 3 N–H and O–H groups in total. The molecule has 2 aromatic carbocycles. The van der Waals surface area contributed by atoms with Crippen LogP contribution in [0.3, 0.4) is 0 Å². The Morgan fingerprint density at radius 3 is 2.24 bits per heavy atom. The second-order valence-corrected chi connectivity index (χ2v) is 5.31. The maximum absolute atomic E-state index is 11.9. The van der Waals surface area contributed by atoms with Crippen LogP contribution in [0.15, 0.2) is 42.5 Å². The third kappa shape index (κ3) is 5.17. The molecule has 2 aromatic rings. The van der Waals surface area contributed by atoms with Crippen LogP contribution in [0, 0.1) is 0 Å². The molecule has 132 valence electrons. The summed E-state index contributed by atoms with van der Waals surface area (Å²) in [5.74, 6) is 0.444. The van der Waals surface area contributed by atoms with E-state index in [1.807, 2.05) is 12.1 Å². The van der Waals surface area contributed by atoms with E-state index in [-0.39, 0.29) is 28.9 Å². The molecule has 6 nitrogen and oxygen atoms in total. The van der Waals surface area contributed by atoms with Crippen molar-refractivity contribution in [2.45, 2.75) is 6.42 Å². The molecular formula is C19H21NO5. The van der Waals surface area contributed by atoms with Crippen LogP contribution in [0.25, 0.3) is 6.08 Å². The summed E-state index contributed by atoms with van der Waals surface area (Å²) >= 11 is 0. The van der Waals surface area contributed by atoms with E-state index >= 15 is 0 Å². The lowest BCUT2D eigenvalue weighted by Gasteiger charge is -2.09. The molecule has 0 atom stereocenters. The smallest absolute Gasteiger partial charge is 0.244 e. The van der Waals surface area contributed by atoms with E-state index in [0.29, 0.717) is 18.5 Å². The van der Waals surface area contributed by atoms with Gasteiger partial charge in [-0.25, -0.2) is 0 Å². The van der Waals surface area contributed by atoms with Crippen LogP contribution in [-0.4, -0.2) is 36.9 Å². The number of aromatic hydroxyl groups is 2. The summed E-state index contributed by atoms with van der Waals surface area (Å²) in [4.78, 5) is 11.9. The number of phenolic OH excluding ortho intramolecular Hbond substituents is 2. The minimum Gasteiger partial charge on any atom is -0.508 e. The minimum absolute atomic E-state index is 0.0829. The van der Waals surface area contributed by atoms with Gasteiger partial charge in [0.05, 0.1) is 14.2 Å². The molecule has 0 fully saturated rings. The molecule has 0 radical (unpaired) electrons. The van der Waals surface area contributed by atoms with Crippen LogP contribution >= 0.6 is 0 Å². The van der Waals surface area contributed by atoms with Gasteiger partial charge in [-0.3, -0.25) is 4.79 Å². The number of hydrogen-bond acceptors (Lipinski definition) is 5. The highest BCUT2D eigenvalue weighted by atomic mass is 16.5. The van der Waals surface area contributed by atoms with Gasteiger partial charge in [0.2, 0.25) is 11.7 Å². The van der Waals surface area contributed by atoms with Gasteiger partial charge in [0.25, 0.3) is 0 Å². The molecule has 6 heteroatoms. The van der Waals surface area contributed by atoms with Gasteiger partial charge < -0.3 is 25.0 Å². The van der Waals surface area contributed by atoms with Crippen LogP contribution in [0.2, 0.25) is 0 Å². The fourth-order valence-corrected chi connectivity index (χ4v) is 2.23. The highest BCUT2D eigenvalue weighted by Crippen LogP contribution is 2.37. The summed E-state index contributed by atoms with van der Waals surface area (Å²) in [5, 5.41) is 21.9. The van der Waals surface area contributed by atoms with Gasteiger partial charge in [-0.15, -0.1) is 0 Å². The van der Waals surface area contributed by atoms with Crippen molar-refractivity contribution in [3.8, 4) is 23.0 Å². The Bertz CT molecular complexity index is 728. The van der Waals surface area contributed by atoms with Crippen molar-refractivity contribution < 1.29 is 24.5 Å². The predicted molar refractivity (Wildman–Crippen MR) is 95.1 cm³/mol. The highest BCUT2D eigenvalue weighted by molar-refractivity contribution is 5.91. The Kier molecular flexibility index (Phi) is 6.28. The normalized spacial score (nSPS) is 10.6. The summed E-state index contributed by atoms with van der Waals surface area (Å²) in [6.07, 6.45) is 3.68. The molecule has 0 heterocycles. The third-order valence-corrected chi connectivity index (χ3v) is 3.58. The first-order valence-corrected chi connectivity index (χ1v) is 7.72. The van der Waals surface area contributed by atoms with Crippen LogP contribution in [0.5, 0.6) is 23.0 Å². The lowest BCUT2D eigenvalue weighted by molar-refractivity contribution is -0.116. The quantitative estimate of drug-likeness (QED) is 0.672. The summed E-state index contributed by atoms with van der Waals surface area (Å²) in [7, 11) is 2.88. The van der Waals surface area contributed by atoms with Crippen LogP contribution in [0.4, 0.5) is 0 Å². The van der Waals surface area contributed by atoms with Crippen molar-refractivity contribution in [3.05, 3.63) is 53.6 Å². The maximum atomic E-state index is 11.9. The average molecular weight is 343 g/mol. The molecule has 2 rings (SSSR count). The highest BCUT2D eigenvalue weighted by Gasteiger charge is 2.10. The SMILES string of the molecule is COc1cc(/C=C\C(=O)NCCc2ccc(O)cc2)cc(OC)c1O. The number of carbonyl (C=O) groups excluding carboxylic acids is 1. The molecule has 0 saturated carbocycles. The van der Waals surface area contributed by atoms with Crippen molar-refractivity contribution >= 4 is 12.0 Å². The Balaban J connectivity index is 1.92. The van der Waals surface area contributed by atoms with Crippen LogP contribution < -0.4 is 14.8 Å². The lowest BCUT2D eigenvalue weighted by Crippen LogP contribution is -2.23. The molecular weight excluding hydrogens is 322 g/mol. The van der Waals surface area contributed by atoms with Crippen molar-refractivity contribution in [1.82, 2.24) is 5.32 Å². The van der Waals surface area contributed by atoms with Gasteiger partial charge >= 0.3 is 0 Å². The third-order valence-electron chi connectivity index (χ3n) is 3.58. The molecule has 0 saturated heterocycles. The molecule has 0 unspecified atom stereocenters. The number of methoxy groups -OCH3 is 2. The molecule has 0 aliphatic heterocycles. The van der Waals surface area contributed by atoms with Crippen molar-refractivity contribution in [2.75, 3.05) is 20.8 Å². The van der Waals surface area contributed by atoms with Gasteiger partial charge in [-0.1, -0.05) is 12.1 Å². The Hall–Kier alpha value is -3.15. The van der Waals surface area contributed by atoms with Crippen molar-refractivity contribution in [1.29, 1.82) is 0 Å². The lowest BCUT2D eigenvalue weighted by atomic mass is 10.1. The van der Waals surface area contributed by atoms with Crippen LogP contribution in [-0.2, 0) is 11.2 Å². The van der Waals surface area contributed by atoms with E-state index in [1.165, 1.54) is 20.3 Å². The number of ether oxygens (including phenoxy) is 2. The van der Waals surface area contributed by atoms with E-state index in [4.69, 9.17) is 9.47 Å². The molecule has 1 amide bonds. The van der Waals surface area contributed by atoms with Gasteiger partial charge in [0.1, 0.15) is 5.75 Å². The topological polar surface area (TPSA) is 88.0 Å². The van der Waals surface area contributed by atoms with E-state index in [2.05, 4.69) is 5.32 Å². The Morgan fingerprint density at radius 2 is 1.68 bits per heavy atom. The Morgan fingerprint density at radius 1 is 1.08 bits per heavy atom. The van der Waals surface area contributed by atoms with E-state index < -0.39 is 0 Å². The summed E-state index contributed by atoms with van der Waals surface area (Å²) < 4.78 is 10.1. The number of benzene rings is 2. The zero-order chi connectivity index (χ0) is 18.2. The van der Waals surface area contributed by atoms with Crippen molar-refractivity contribution in [2.24, 2.45) is 0 Å². The zero-order valence-corrected chi connectivity index (χ0v) is 14.2. The Labute approximate surface area is 146 Å². The number of nitrogens with one attached hydrogen (secondary N) is 1. The van der Waals surface area contributed by atoms with Gasteiger partial charge in [0, 0.05) is 12.6 Å². The number of phenols is 2. The summed E-state index contributed by atoms with van der Waals surface area (Å²) in [6.45, 7) is 0.482. The van der Waals surface area contributed by atoms with E-state index in [1.54, 1.807) is 30.3 Å². The first-order valence-electron chi connectivity index (χ1n) is 7.72. The second-order valence-electron chi connectivity index (χ2n) is 5.31. The van der Waals surface area contributed by atoms with Gasteiger partial charge in [-0.2, -0.15) is 0 Å². The fraction of sp³-hybridized carbons (Fsp3) is 0.211. The number of amides is 1. The van der Waals surface area contributed by atoms with Crippen LogP contribution in [0.1, 0.15) is 11.1 Å². The first-order chi connectivity index (χ1) is 12.0. The van der Waals surface area contributed by atoms with Gasteiger partial charge in [-0.05, 0) is 47.9 Å². The second kappa shape index (κ2) is 8.63. The van der Waals surface area contributed by atoms with E-state index in [9.17, 15) is 15.0 Å². The van der Waals surface area contributed by atoms with E-state index in [0.717, 1.165) is 5.56 Å². The minimum atomic E-state index is -0.232. The zero-order valence-electron chi connectivity index (χ0n) is 14.2. The number of carbonyl (C=O) groups is 1. The average Bonchev–Trinajstić information content (AvgIpc) is 2.62. The monoisotopic (exact) mass is 343 g/mol. The maximum Gasteiger partial charge on any atom is 0.244 e. The first kappa shape index (κ1) is 18.2. The molecule has 0 aromatic heterocycles. The molecule has 25 heavy (non-hydrogen) atoms. The fourth-order valence-electron chi connectivity index (χ4n) is 2.23.